The molecule has 0 heterocycles. The molecule has 0 bridgehead atoms. The van der Waals surface area contributed by atoms with Gasteiger partial charge in [0.1, 0.15) is 11.5 Å². The summed E-state index contributed by atoms with van der Waals surface area (Å²) in [6.45, 7) is 5.64. The number of aryl methyl sites for hydroxylation is 1. The Balaban J connectivity index is 3.40. The van der Waals surface area contributed by atoms with Crippen LogP contribution in [0.15, 0.2) is 0 Å². The molecule has 0 aliphatic rings. The van der Waals surface area contributed by atoms with Crippen molar-refractivity contribution in [1.82, 2.24) is 0 Å². The molecule has 0 spiro atoms. The summed E-state index contributed by atoms with van der Waals surface area (Å²) < 4.78 is 5.17. The van der Waals surface area contributed by atoms with Crippen LogP contribution >= 0.6 is 0 Å². The molecule has 1 aromatic rings. The first-order valence-corrected chi connectivity index (χ1v) is 3.84. The number of hydrogen-bond donors (Lipinski definition) is 1. The third kappa shape index (κ3) is 1.24. The van der Waals surface area contributed by atoms with E-state index in [4.69, 9.17) is 4.74 Å². The van der Waals surface area contributed by atoms with Gasteiger partial charge in [0.05, 0.1) is 7.11 Å². The largest absolute Gasteiger partial charge is 0.507 e. The van der Waals surface area contributed by atoms with Crippen molar-refractivity contribution in [2.45, 2.75) is 20.8 Å². The minimum absolute atomic E-state index is 0.214. The number of phenols is 1. The Labute approximate surface area is 72.8 Å². The van der Waals surface area contributed by atoms with Gasteiger partial charge in [0.25, 0.3) is 0 Å². The summed E-state index contributed by atoms with van der Waals surface area (Å²) in [6, 6.07) is 2.83. The van der Waals surface area contributed by atoms with Crippen molar-refractivity contribution in [1.29, 1.82) is 0 Å². The van der Waals surface area contributed by atoms with Gasteiger partial charge in [-0.05, 0) is 31.9 Å². The van der Waals surface area contributed by atoms with Crippen molar-refractivity contribution in [2.75, 3.05) is 7.11 Å². The Hall–Kier alpha value is -1.18. The summed E-state index contributed by atoms with van der Waals surface area (Å²) in [4.78, 5) is 0. The first-order chi connectivity index (χ1) is 5.57. The van der Waals surface area contributed by atoms with Gasteiger partial charge in [0.15, 0.2) is 0 Å². The highest BCUT2D eigenvalue weighted by Gasteiger charge is 2.09. The van der Waals surface area contributed by atoms with Crippen molar-refractivity contribution in [3.05, 3.63) is 22.8 Å². The number of methoxy groups -OCH3 is 1. The van der Waals surface area contributed by atoms with E-state index in [1.165, 1.54) is 0 Å². The lowest BCUT2D eigenvalue weighted by molar-refractivity contribution is 0.404. The average Bonchev–Trinajstić information content (AvgIpc) is 2.01. The molecule has 0 amide bonds. The molecular formula is C10H13O2. The molecular weight excluding hydrogens is 152 g/mol. The van der Waals surface area contributed by atoms with Gasteiger partial charge >= 0.3 is 0 Å². The van der Waals surface area contributed by atoms with Crippen molar-refractivity contribution >= 4 is 0 Å². The molecule has 65 valence electrons. The van der Waals surface area contributed by atoms with Crippen molar-refractivity contribution in [2.24, 2.45) is 0 Å². The fourth-order valence-electron chi connectivity index (χ4n) is 1.26. The maximum absolute atomic E-state index is 9.39. The summed E-state index contributed by atoms with van der Waals surface area (Å²) in [5.41, 5.74) is 2.65. The predicted molar refractivity (Wildman–Crippen MR) is 47.7 cm³/mol. The number of ether oxygens (including phenoxy) is 1. The van der Waals surface area contributed by atoms with E-state index in [1.807, 2.05) is 20.8 Å². The standard InChI is InChI=1S/C10H13O2/c1-6-5-9(11)7(2)8(3)10(6)12-4/h11H,1-4H3. The molecule has 0 aliphatic carbocycles. The van der Waals surface area contributed by atoms with Gasteiger partial charge in [-0.15, -0.1) is 0 Å². The second-order valence-electron chi connectivity index (χ2n) is 2.88. The highest BCUT2D eigenvalue weighted by Crippen LogP contribution is 2.30. The second-order valence-corrected chi connectivity index (χ2v) is 2.88. The smallest absolute Gasteiger partial charge is 0.127 e. The zero-order chi connectivity index (χ0) is 9.30. The number of hydrogen-bond acceptors (Lipinski definition) is 2. The number of phenolic OH excluding ortho intramolecular Hbond substituents is 1. The first-order valence-electron chi connectivity index (χ1n) is 3.84. The van der Waals surface area contributed by atoms with Gasteiger partial charge in [0, 0.05) is 11.6 Å². The number of benzene rings is 1. The fraction of sp³-hybridized carbons (Fsp3) is 0.400. The summed E-state index contributed by atoms with van der Waals surface area (Å²) in [7, 11) is 1.62. The first kappa shape index (κ1) is 8.91. The molecule has 1 aromatic carbocycles. The van der Waals surface area contributed by atoms with Crippen LogP contribution in [-0.2, 0) is 0 Å². The molecule has 1 rings (SSSR count). The topological polar surface area (TPSA) is 29.5 Å². The van der Waals surface area contributed by atoms with Crippen LogP contribution in [0.4, 0.5) is 0 Å². The molecule has 2 heteroatoms. The van der Waals surface area contributed by atoms with Gasteiger partial charge in [-0.2, -0.15) is 0 Å². The maximum Gasteiger partial charge on any atom is 0.127 e. The minimum Gasteiger partial charge on any atom is -0.507 e. The van der Waals surface area contributed by atoms with Crippen LogP contribution in [0.2, 0.25) is 0 Å². The van der Waals surface area contributed by atoms with Crippen molar-refractivity contribution < 1.29 is 9.84 Å². The summed E-state index contributed by atoms with van der Waals surface area (Å²) in [6.07, 6.45) is 0. The lowest BCUT2D eigenvalue weighted by Crippen LogP contribution is -1.93. The molecule has 1 N–H and O–H groups in total. The highest BCUT2D eigenvalue weighted by molar-refractivity contribution is 5.50. The molecule has 0 aliphatic heterocycles. The van der Waals surface area contributed by atoms with E-state index in [2.05, 4.69) is 6.07 Å². The second kappa shape index (κ2) is 3.05. The highest BCUT2D eigenvalue weighted by atomic mass is 16.5. The Morgan fingerprint density at radius 2 is 1.75 bits per heavy atom. The van der Waals surface area contributed by atoms with E-state index < -0.39 is 0 Å². The van der Waals surface area contributed by atoms with Crippen LogP contribution in [0.5, 0.6) is 11.5 Å². The molecule has 0 unspecified atom stereocenters. The van der Waals surface area contributed by atoms with Crippen LogP contribution in [0.25, 0.3) is 0 Å². The molecule has 12 heavy (non-hydrogen) atoms. The molecule has 0 saturated carbocycles. The van der Waals surface area contributed by atoms with E-state index >= 15 is 0 Å². The SMILES string of the molecule is COc1c(C)[c]c(O)c(C)c1C. The van der Waals surface area contributed by atoms with Gasteiger partial charge in [-0.3, -0.25) is 0 Å². The van der Waals surface area contributed by atoms with E-state index in [-0.39, 0.29) is 5.75 Å². The van der Waals surface area contributed by atoms with Gasteiger partial charge in [-0.25, -0.2) is 0 Å². The lowest BCUT2D eigenvalue weighted by atomic mass is 10.0. The Morgan fingerprint density at radius 3 is 2.25 bits per heavy atom. The quantitative estimate of drug-likeness (QED) is 0.690. The summed E-state index contributed by atoms with van der Waals surface area (Å²) in [5.74, 6) is 1.02. The zero-order valence-corrected chi connectivity index (χ0v) is 7.86. The molecule has 0 atom stereocenters. The molecule has 2 nitrogen and oxygen atoms in total. The molecule has 0 fully saturated rings. The Bertz CT molecular complexity index is 303. The monoisotopic (exact) mass is 165 g/mol. The zero-order valence-electron chi connectivity index (χ0n) is 7.86. The van der Waals surface area contributed by atoms with Crippen LogP contribution < -0.4 is 4.74 Å². The number of rotatable bonds is 1. The maximum atomic E-state index is 9.39. The Kier molecular flexibility index (Phi) is 2.27. The van der Waals surface area contributed by atoms with Crippen LogP contribution in [0.1, 0.15) is 16.7 Å². The molecule has 0 aromatic heterocycles. The molecule has 1 radical (unpaired) electrons. The minimum atomic E-state index is 0.214. The van der Waals surface area contributed by atoms with Gasteiger partial charge in [0.2, 0.25) is 0 Å². The van der Waals surface area contributed by atoms with Crippen LogP contribution in [0.3, 0.4) is 0 Å². The number of aromatic hydroxyl groups is 1. The third-order valence-electron chi connectivity index (χ3n) is 2.11. The normalized spacial score (nSPS) is 10.0. The van der Waals surface area contributed by atoms with Crippen LogP contribution in [0, 0.1) is 26.8 Å². The van der Waals surface area contributed by atoms with Crippen molar-refractivity contribution in [3.8, 4) is 11.5 Å². The predicted octanol–water partition coefficient (Wildman–Crippen LogP) is 2.13. The van der Waals surface area contributed by atoms with E-state index in [1.54, 1.807) is 7.11 Å². The summed E-state index contributed by atoms with van der Waals surface area (Å²) >= 11 is 0. The van der Waals surface area contributed by atoms with Gasteiger partial charge in [-0.1, -0.05) is 0 Å². The Morgan fingerprint density at radius 1 is 1.17 bits per heavy atom. The molecule has 0 saturated heterocycles. The van der Waals surface area contributed by atoms with E-state index in [9.17, 15) is 5.11 Å². The third-order valence-corrected chi connectivity index (χ3v) is 2.11. The lowest BCUT2D eigenvalue weighted by Gasteiger charge is -2.11. The van der Waals surface area contributed by atoms with E-state index in [0.29, 0.717) is 0 Å². The van der Waals surface area contributed by atoms with Crippen molar-refractivity contribution in [3.63, 3.8) is 0 Å². The van der Waals surface area contributed by atoms with Crippen LogP contribution in [-0.4, -0.2) is 12.2 Å². The van der Waals surface area contributed by atoms with E-state index in [0.717, 1.165) is 22.4 Å². The van der Waals surface area contributed by atoms with Gasteiger partial charge < -0.3 is 9.84 Å². The fourth-order valence-corrected chi connectivity index (χ4v) is 1.26. The summed E-state index contributed by atoms with van der Waals surface area (Å²) in [5, 5.41) is 9.39. The average molecular weight is 165 g/mol.